The number of rotatable bonds is 5. The maximum Gasteiger partial charge on any atom is 0.268 e. The number of nitrogens with two attached hydrogens (primary N) is 1. The summed E-state index contributed by atoms with van der Waals surface area (Å²) in [6.45, 7) is 1.69. The van der Waals surface area contributed by atoms with Crippen LogP contribution in [0, 0.1) is 0 Å². The number of hydrazine groups is 1. The van der Waals surface area contributed by atoms with Crippen LogP contribution < -0.4 is 16.6 Å². The number of carbonyl (C=O) groups excluding carboxylic acids is 1. The molecule has 8 heteroatoms. The third-order valence-corrected chi connectivity index (χ3v) is 4.46. The molecule has 1 aromatic carbocycles. The highest BCUT2D eigenvalue weighted by Gasteiger charge is 2.17. The fourth-order valence-electron chi connectivity index (χ4n) is 3.14. The molecule has 0 aliphatic rings. The Hall–Kier alpha value is -3.23. The van der Waals surface area contributed by atoms with Crippen LogP contribution in [0.1, 0.15) is 10.4 Å². The van der Waals surface area contributed by atoms with E-state index in [1.807, 2.05) is 54.9 Å². The first-order valence-electron chi connectivity index (χ1n) is 8.69. The number of pyridine rings is 2. The SMILES string of the molecule is CN(C)CCNc1ccc2cc(C(=O)NN)c3nc4ccccc4n3c2n1. The summed E-state index contributed by atoms with van der Waals surface area (Å²) >= 11 is 0. The molecule has 0 aliphatic heterocycles. The number of anilines is 1. The first-order chi connectivity index (χ1) is 13.1. The number of likely N-dealkylation sites (N-methyl/N-ethyl adjacent to an activating group) is 1. The predicted molar refractivity (Wildman–Crippen MR) is 107 cm³/mol. The van der Waals surface area contributed by atoms with Crippen molar-refractivity contribution in [3.63, 3.8) is 0 Å². The van der Waals surface area contributed by atoms with Gasteiger partial charge in [-0.25, -0.2) is 15.8 Å². The van der Waals surface area contributed by atoms with Crippen LogP contribution in [-0.2, 0) is 0 Å². The maximum absolute atomic E-state index is 12.3. The van der Waals surface area contributed by atoms with Gasteiger partial charge in [0.2, 0.25) is 0 Å². The molecule has 3 heterocycles. The van der Waals surface area contributed by atoms with Gasteiger partial charge in [0, 0.05) is 18.5 Å². The molecule has 0 fully saturated rings. The Morgan fingerprint density at radius 2 is 1.96 bits per heavy atom. The van der Waals surface area contributed by atoms with Gasteiger partial charge in [0.25, 0.3) is 5.91 Å². The molecule has 4 N–H and O–H groups in total. The van der Waals surface area contributed by atoms with E-state index in [1.165, 1.54) is 0 Å². The zero-order chi connectivity index (χ0) is 19.0. The normalized spacial score (nSPS) is 11.6. The molecule has 0 bridgehead atoms. The average Bonchev–Trinajstić information content (AvgIpc) is 3.06. The third-order valence-electron chi connectivity index (χ3n) is 4.46. The van der Waals surface area contributed by atoms with E-state index in [0.717, 1.165) is 41.0 Å². The molecule has 3 aromatic heterocycles. The minimum atomic E-state index is -0.384. The zero-order valence-corrected chi connectivity index (χ0v) is 15.2. The molecule has 0 saturated carbocycles. The average molecular weight is 363 g/mol. The quantitative estimate of drug-likeness (QED) is 0.283. The molecule has 4 aromatic rings. The minimum Gasteiger partial charge on any atom is -0.369 e. The highest BCUT2D eigenvalue weighted by Crippen LogP contribution is 2.26. The number of hydrogen-bond donors (Lipinski definition) is 3. The standard InChI is InChI=1S/C19H21N7O/c1-25(2)10-9-21-16-8-7-12-11-13(19(27)24-20)18-22-14-5-3-4-6-15(14)26(18)17(12)23-16/h3-8,11H,9-10,20H2,1-2H3,(H,21,23)(H,24,27). The molecule has 0 atom stereocenters. The lowest BCUT2D eigenvalue weighted by Gasteiger charge is -2.12. The van der Waals surface area contributed by atoms with Gasteiger partial charge in [0.05, 0.1) is 16.6 Å². The van der Waals surface area contributed by atoms with E-state index in [9.17, 15) is 4.79 Å². The Kier molecular flexibility index (Phi) is 4.35. The van der Waals surface area contributed by atoms with Crippen molar-refractivity contribution in [2.24, 2.45) is 5.84 Å². The lowest BCUT2D eigenvalue weighted by molar-refractivity contribution is 0.0955. The monoisotopic (exact) mass is 363 g/mol. The maximum atomic E-state index is 12.3. The van der Waals surface area contributed by atoms with Crippen molar-refractivity contribution in [2.45, 2.75) is 0 Å². The molecule has 0 radical (unpaired) electrons. The van der Waals surface area contributed by atoms with Crippen LogP contribution in [0.4, 0.5) is 5.82 Å². The van der Waals surface area contributed by atoms with Crippen molar-refractivity contribution in [1.29, 1.82) is 0 Å². The first-order valence-corrected chi connectivity index (χ1v) is 8.69. The Morgan fingerprint density at radius 1 is 1.15 bits per heavy atom. The summed E-state index contributed by atoms with van der Waals surface area (Å²) in [4.78, 5) is 23.8. The number of imidazole rings is 1. The fourth-order valence-corrected chi connectivity index (χ4v) is 3.14. The van der Waals surface area contributed by atoms with Gasteiger partial charge in [0.1, 0.15) is 11.5 Å². The lowest BCUT2D eigenvalue weighted by atomic mass is 10.2. The molecule has 0 unspecified atom stereocenters. The molecule has 0 spiro atoms. The smallest absolute Gasteiger partial charge is 0.268 e. The number of carbonyl (C=O) groups is 1. The number of amides is 1. The second-order valence-corrected chi connectivity index (χ2v) is 6.63. The van der Waals surface area contributed by atoms with Gasteiger partial charge in [-0.3, -0.25) is 14.6 Å². The van der Waals surface area contributed by atoms with Gasteiger partial charge in [-0.15, -0.1) is 0 Å². The van der Waals surface area contributed by atoms with E-state index in [-0.39, 0.29) is 5.91 Å². The minimum absolute atomic E-state index is 0.384. The van der Waals surface area contributed by atoms with Gasteiger partial charge in [0.15, 0.2) is 5.65 Å². The highest BCUT2D eigenvalue weighted by molar-refractivity contribution is 6.05. The number of nitrogens with zero attached hydrogens (tertiary/aromatic N) is 4. The molecular weight excluding hydrogens is 342 g/mol. The Bertz CT molecular complexity index is 1150. The number of fused-ring (bicyclic) bond motifs is 5. The summed E-state index contributed by atoms with van der Waals surface area (Å²) in [5.41, 5.74) is 5.57. The molecule has 138 valence electrons. The fraction of sp³-hybridized carbons (Fsp3) is 0.211. The van der Waals surface area contributed by atoms with E-state index >= 15 is 0 Å². The summed E-state index contributed by atoms with van der Waals surface area (Å²) in [5.74, 6) is 5.76. The third kappa shape index (κ3) is 3.05. The Morgan fingerprint density at radius 3 is 2.74 bits per heavy atom. The first kappa shape index (κ1) is 17.2. The van der Waals surface area contributed by atoms with Gasteiger partial charge in [-0.2, -0.15) is 0 Å². The zero-order valence-electron chi connectivity index (χ0n) is 15.2. The molecule has 0 aliphatic carbocycles. The number of nitrogen functional groups attached to an aromatic ring is 1. The van der Waals surface area contributed by atoms with Crippen molar-refractivity contribution in [2.75, 3.05) is 32.5 Å². The van der Waals surface area contributed by atoms with Gasteiger partial charge >= 0.3 is 0 Å². The van der Waals surface area contributed by atoms with E-state index in [1.54, 1.807) is 6.07 Å². The number of benzene rings is 1. The number of para-hydroxylation sites is 2. The van der Waals surface area contributed by atoms with E-state index in [2.05, 4.69) is 20.6 Å². The van der Waals surface area contributed by atoms with Crippen LogP contribution >= 0.6 is 0 Å². The summed E-state index contributed by atoms with van der Waals surface area (Å²) < 4.78 is 1.91. The second-order valence-electron chi connectivity index (χ2n) is 6.63. The summed E-state index contributed by atoms with van der Waals surface area (Å²) in [5, 5.41) is 4.17. The van der Waals surface area contributed by atoms with Gasteiger partial charge < -0.3 is 10.2 Å². The number of hydrogen-bond acceptors (Lipinski definition) is 6. The van der Waals surface area contributed by atoms with Crippen LogP contribution in [0.15, 0.2) is 42.5 Å². The summed E-state index contributed by atoms with van der Waals surface area (Å²) in [6.07, 6.45) is 0. The van der Waals surface area contributed by atoms with Crippen molar-refractivity contribution < 1.29 is 4.79 Å². The van der Waals surface area contributed by atoms with Crippen molar-refractivity contribution in [1.82, 2.24) is 24.7 Å². The Balaban J connectivity index is 1.95. The van der Waals surface area contributed by atoms with Crippen LogP contribution in [0.25, 0.3) is 27.7 Å². The molecular formula is C19H21N7O. The molecule has 27 heavy (non-hydrogen) atoms. The molecule has 8 nitrogen and oxygen atoms in total. The largest absolute Gasteiger partial charge is 0.369 e. The Labute approximate surface area is 156 Å². The van der Waals surface area contributed by atoms with Crippen molar-refractivity contribution >= 4 is 39.4 Å². The van der Waals surface area contributed by atoms with Crippen LogP contribution in [0.5, 0.6) is 0 Å². The van der Waals surface area contributed by atoms with Crippen LogP contribution in [0.3, 0.4) is 0 Å². The molecule has 4 rings (SSSR count). The number of nitrogens with one attached hydrogen (secondary N) is 2. The molecule has 1 amide bonds. The summed E-state index contributed by atoms with van der Waals surface area (Å²) in [7, 11) is 4.06. The molecule has 0 saturated heterocycles. The number of aromatic nitrogens is 3. The lowest BCUT2D eigenvalue weighted by Crippen LogP contribution is -2.30. The van der Waals surface area contributed by atoms with E-state index < -0.39 is 0 Å². The van der Waals surface area contributed by atoms with Gasteiger partial charge in [-0.05, 0) is 44.4 Å². The van der Waals surface area contributed by atoms with Crippen molar-refractivity contribution in [3.05, 3.63) is 48.0 Å². The van der Waals surface area contributed by atoms with E-state index in [4.69, 9.17) is 10.8 Å². The van der Waals surface area contributed by atoms with Crippen LogP contribution in [0.2, 0.25) is 0 Å². The topological polar surface area (TPSA) is 101 Å². The predicted octanol–water partition coefficient (Wildman–Crippen LogP) is 1.61. The summed E-state index contributed by atoms with van der Waals surface area (Å²) in [6, 6.07) is 13.4. The van der Waals surface area contributed by atoms with E-state index in [0.29, 0.717) is 11.2 Å². The highest BCUT2D eigenvalue weighted by atomic mass is 16.2. The van der Waals surface area contributed by atoms with Gasteiger partial charge in [-0.1, -0.05) is 12.1 Å². The van der Waals surface area contributed by atoms with Crippen molar-refractivity contribution in [3.8, 4) is 0 Å². The second kappa shape index (κ2) is 6.82. The van der Waals surface area contributed by atoms with Crippen LogP contribution in [-0.4, -0.2) is 52.4 Å².